The molecule has 0 aromatic carbocycles. The first-order valence-corrected chi connectivity index (χ1v) is 6.70. The van der Waals surface area contributed by atoms with Gasteiger partial charge in [0, 0.05) is 6.07 Å². The Labute approximate surface area is 120 Å². The molecule has 0 unspecified atom stereocenters. The van der Waals surface area contributed by atoms with Crippen molar-refractivity contribution in [2.45, 2.75) is 37.6 Å². The minimum Gasteiger partial charge on any atom is -0.467 e. The summed E-state index contributed by atoms with van der Waals surface area (Å²) < 4.78 is 31.2. The number of carbonyl (C=O) groups excluding carboxylic acids is 2. The Balaban J connectivity index is 2.24. The van der Waals surface area contributed by atoms with E-state index >= 15 is 0 Å². The molecule has 1 amide bonds. The Morgan fingerprint density at radius 1 is 1.29 bits per heavy atom. The third-order valence-corrected chi connectivity index (χ3v) is 3.66. The van der Waals surface area contributed by atoms with E-state index in [4.69, 9.17) is 4.74 Å². The van der Waals surface area contributed by atoms with Crippen LogP contribution in [0, 0.1) is 11.6 Å². The number of aromatic nitrogens is 1. The minimum absolute atomic E-state index is 0.425. The Bertz CT molecular complexity index is 557. The maximum atomic E-state index is 13.6. The number of hydrogen-bond donors (Lipinski definition) is 1. The molecule has 1 N–H and O–H groups in total. The summed E-state index contributed by atoms with van der Waals surface area (Å²) in [4.78, 5) is 27.6. The highest BCUT2D eigenvalue weighted by Crippen LogP contribution is 2.29. The number of carbonyl (C=O) groups is 2. The van der Waals surface area contributed by atoms with Crippen LogP contribution in [0.4, 0.5) is 8.78 Å². The lowest BCUT2D eigenvalue weighted by molar-refractivity contribution is -0.149. The Morgan fingerprint density at radius 3 is 2.52 bits per heavy atom. The first-order chi connectivity index (χ1) is 9.98. The Hall–Kier alpha value is -2.05. The molecule has 0 aliphatic heterocycles. The second kappa shape index (κ2) is 6.15. The van der Waals surface area contributed by atoms with Crippen LogP contribution in [0.2, 0.25) is 0 Å². The third-order valence-electron chi connectivity index (χ3n) is 3.66. The van der Waals surface area contributed by atoms with E-state index in [1.165, 1.54) is 7.11 Å². The van der Waals surface area contributed by atoms with Gasteiger partial charge in [0.05, 0.1) is 13.3 Å². The zero-order valence-corrected chi connectivity index (χ0v) is 11.6. The molecule has 1 saturated carbocycles. The lowest BCUT2D eigenvalue weighted by atomic mass is 9.81. The first-order valence-electron chi connectivity index (χ1n) is 6.70. The van der Waals surface area contributed by atoms with Gasteiger partial charge in [-0.1, -0.05) is 19.3 Å². The van der Waals surface area contributed by atoms with Gasteiger partial charge in [0.25, 0.3) is 5.91 Å². The van der Waals surface area contributed by atoms with Crippen LogP contribution in [-0.2, 0) is 9.53 Å². The Morgan fingerprint density at radius 2 is 1.95 bits per heavy atom. The molecule has 0 radical (unpaired) electrons. The van der Waals surface area contributed by atoms with Crippen molar-refractivity contribution in [2.75, 3.05) is 7.11 Å². The highest BCUT2D eigenvalue weighted by atomic mass is 19.1. The molecule has 1 heterocycles. The standard InChI is InChI=1S/C14H16F2N2O3/c1-21-13(20)14(5-3-2-4-6-14)18-12(19)11-10(16)7-9(15)8-17-11/h7-8H,2-6H2,1H3,(H,18,19). The highest BCUT2D eigenvalue weighted by molar-refractivity contribution is 5.97. The molecule has 0 atom stereocenters. The number of nitrogens with zero attached hydrogens (tertiary/aromatic N) is 1. The fraction of sp³-hybridized carbons (Fsp3) is 0.500. The molecule has 0 spiro atoms. The van der Waals surface area contributed by atoms with Crippen LogP contribution < -0.4 is 5.32 Å². The maximum Gasteiger partial charge on any atom is 0.331 e. The first kappa shape index (κ1) is 15.3. The summed E-state index contributed by atoms with van der Waals surface area (Å²) in [6, 6.07) is 0.577. The average Bonchev–Trinajstić information content (AvgIpc) is 2.47. The smallest absolute Gasteiger partial charge is 0.331 e. The largest absolute Gasteiger partial charge is 0.467 e. The van der Waals surface area contributed by atoms with Gasteiger partial charge in [-0.25, -0.2) is 18.6 Å². The maximum absolute atomic E-state index is 13.6. The number of methoxy groups -OCH3 is 1. The third kappa shape index (κ3) is 3.17. The van der Waals surface area contributed by atoms with Crippen molar-refractivity contribution in [3.63, 3.8) is 0 Å². The molecule has 1 aromatic rings. The van der Waals surface area contributed by atoms with Gasteiger partial charge in [0.15, 0.2) is 11.5 Å². The van der Waals surface area contributed by atoms with Crippen molar-refractivity contribution < 1.29 is 23.1 Å². The SMILES string of the molecule is COC(=O)C1(NC(=O)c2ncc(F)cc2F)CCCCC1. The van der Waals surface area contributed by atoms with Crippen LogP contribution in [0.15, 0.2) is 12.3 Å². The second-order valence-electron chi connectivity index (χ2n) is 5.07. The van der Waals surface area contributed by atoms with Crippen molar-refractivity contribution in [3.05, 3.63) is 29.6 Å². The van der Waals surface area contributed by atoms with Crippen LogP contribution >= 0.6 is 0 Å². The number of amides is 1. The predicted octanol–water partition coefficient (Wildman–Crippen LogP) is 1.97. The molecule has 1 fully saturated rings. The summed E-state index contributed by atoms with van der Waals surface area (Å²) >= 11 is 0. The summed E-state index contributed by atoms with van der Waals surface area (Å²) in [7, 11) is 1.24. The molecule has 1 aliphatic rings. The van der Waals surface area contributed by atoms with Gasteiger partial charge < -0.3 is 10.1 Å². The van der Waals surface area contributed by atoms with E-state index in [1.807, 2.05) is 0 Å². The van der Waals surface area contributed by atoms with E-state index in [2.05, 4.69) is 10.3 Å². The average molecular weight is 298 g/mol. The van der Waals surface area contributed by atoms with Gasteiger partial charge in [-0.3, -0.25) is 4.79 Å². The number of hydrogen-bond acceptors (Lipinski definition) is 4. The number of pyridine rings is 1. The highest BCUT2D eigenvalue weighted by Gasteiger charge is 2.42. The lowest BCUT2D eigenvalue weighted by Gasteiger charge is -2.35. The summed E-state index contributed by atoms with van der Waals surface area (Å²) in [5.41, 5.74) is -1.70. The van der Waals surface area contributed by atoms with Crippen molar-refractivity contribution in [2.24, 2.45) is 0 Å². The van der Waals surface area contributed by atoms with Crippen LogP contribution in [0.25, 0.3) is 0 Å². The zero-order chi connectivity index (χ0) is 15.5. The van der Waals surface area contributed by atoms with Gasteiger partial charge in [-0.2, -0.15) is 0 Å². The van der Waals surface area contributed by atoms with Crippen LogP contribution in [-0.4, -0.2) is 29.5 Å². The van der Waals surface area contributed by atoms with Gasteiger partial charge >= 0.3 is 5.97 Å². The second-order valence-corrected chi connectivity index (χ2v) is 5.07. The van der Waals surface area contributed by atoms with Gasteiger partial charge in [0.1, 0.15) is 11.4 Å². The fourth-order valence-corrected chi connectivity index (χ4v) is 2.59. The molecule has 1 aliphatic carbocycles. The number of nitrogens with one attached hydrogen (secondary N) is 1. The van der Waals surface area contributed by atoms with E-state index < -0.39 is 34.7 Å². The van der Waals surface area contributed by atoms with Crippen molar-refractivity contribution in [1.29, 1.82) is 0 Å². The van der Waals surface area contributed by atoms with E-state index in [0.717, 1.165) is 25.5 Å². The van der Waals surface area contributed by atoms with Crippen molar-refractivity contribution >= 4 is 11.9 Å². The van der Waals surface area contributed by atoms with Gasteiger partial charge in [-0.15, -0.1) is 0 Å². The summed E-state index contributed by atoms with van der Waals surface area (Å²) in [5.74, 6) is -3.34. The van der Waals surface area contributed by atoms with E-state index in [0.29, 0.717) is 18.9 Å². The Kier molecular flexibility index (Phi) is 4.50. The van der Waals surface area contributed by atoms with Crippen molar-refractivity contribution in [1.82, 2.24) is 10.3 Å². The molecule has 114 valence electrons. The molecule has 0 bridgehead atoms. The molecule has 7 heteroatoms. The summed E-state index contributed by atoms with van der Waals surface area (Å²) in [6.45, 7) is 0. The van der Waals surface area contributed by atoms with Crippen LogP contribution in [0.1, 0.15) is 42.6 Å². The van der Waals surface area contributed by atoms with Gasteiger partial charge in [-0.05, 0) is 12.8 Å². The minimum atomic E-state index is -1.16. The number of halogens is 2. The predicted molar refractivity (Wildman–Crippen MR) is 69.5 cm³/mol. The molecule has 1 aromatic heterocycles. The van der Waals surface area contributed by atoms with E-state index in [-0.39, 0.29) is 0 Å². The topological polar surface area (TPSA) is 68.3 Å². The van der Waals surface area contributed by atoms with Crippen molar-refractivity contribution in [3.8, 4) is 0 Å². The molecular formula is C14H16F2N2O3. The number of rotatable bonds is 3. The summed E-state index contributed by atoms with van der Waals surface area (Å²) in [5, 5.41) is 2.52. The van der Waals surface area contributed by atoms with Gasteiger partial charge in [0.2, 0.25) is 0 Å². The van der Waals surface area contributed by atoms with Crippen LogP contribution in [0.5, 0.6) is 0 Å². The quantitative estimate of drug-likeness (QED) is 0.866. The molecule has 21 heavy (non-hydrogen) atoms. The molecule has 5 nitrogen and oxygen atoms in total. The lowest BCUT2D eigenvalue weighted by Crippen LogP contribution is -2.56. The fourth-order valence-electron chi connectivity index (χ4n) is 2.59. The normalized spacial score (nSPS) is 17.1. The summed E-state index contributed by atoms with van der Waals surface area (Å²) in [6.07, 6.45) is 4.08. The molecular weight excluding hydrogens is 282 g/mol. The van der Waals surface area contributed by atoms with E-state index in [1.54, 1.807) is 0 Å². The molecule has 2 rings (SSSR count). The molecule has 0 saturated heterocycles. The van der Waals surface area contributed by atoms with Crippen LogP contribution in [0.3, 0.4) is 0 Å². The zero-order valence-electron chi connectivity index (χ0n) is 11.6. The number of ether oxygens (including phenoxy) is 1. The monoisotopic (exact) mass is 298 g/mol. The number of esters is 1. The van der Waals surface area contributed by atoms with E-state index in [9.17, 15) is 18.4 Å².